The highest BCUT2D eigenvalue weighted by atomic mass is 16.6. The van der Waals surface area contributed by atoms with Gasteiger partial charge in [-0.2, -0.15) is 5.26 Å². The zero-order valence-corrected chi connectivity index (χ0v) is 22.8. The van der Waals surface area contributed by atoms with Crippen molar-refractivity contribution in [2.24, 2.45) is 0 Å². The van der Waals surface area contributed by atoms with Crippen LogP contribution in [0, 0.1) is 11.3 Å². The Bertz CT molecular complexity index is 1110. The van der Waals surface area contributed by atoms with E-state index in [9.17, 15) is 14.4 Å². The number of ether oxygens (including phenoxy) is 5. The first-order chi connectivity index (χ1) is 19.5. The van der Waals surface area contributed by atoms with E-state index in [0.717, 1.165) is 18.4 Å². The van der Waals surface area contributed by atoms with E-state index in [2.05, 4.69) is 11.4 Å². The van der Waals surface area contributed by atoms with E-state index in [1.807, 2.05) is 6.92 Å². The Morgan fingerprint density at radius 2 is 1.57 bits per heavy atom. The maximum atomic E-state index is 12.4. The monoisotopic (exact) mass is 552 g/mol. The minimum absolute atomic E-state index is 0.119. The molecule has 40 heavy (non-hydrogen) atoms. The van der Waals surface area contributed by atoms with E-state index in [1.165, 1.54) is 6.08 Å². The fraction of sp³-hybridized carbons (Fsp3) is 0.400. The molecule has 2 aromatic carbocycles. The zero-order valence-electron chi connectivity index (χ0n) is 22.8. The highest BCUT2D eigenvalue weighted by Crippen LogP contribution is 2.17. The van der Waals surface area contributed by atoms with Gasteiger partial charge in [0, 0.05) is 38.7 Å². The molecule has 0 saturated carbocycles. The lowest BCUT2D eigenvalue weighted by atomic mass is 10.2. The lowest BCUT2D eigenvalue weighted by Gasteiger charge is -2.07. The number of carbonyl (C=O) groups is 3. The number of alkyl carbamates (subject to hydrolysis) is 1. The summed E-state index contributed by atoms with van der Waals surface area (Å²) in [5, 5.41) is 11.2. The smallest absolute Gasteiger partial charge is 0.407 e. The predicted molar refractivity (Wildman–Crippen MR) is 148 cm³/mol. The number of nitrogens with one attached hydrogen (secondary N) is 1. The number of benzene rings is 2. The molecule has 0 aliphatic carbocycles. The molecule has 10 nitrogen and oxygen atoms in total. The fourth-order valence-corrected chi connectivity index (χ4v) is 3.17. The second kappa shape index (κ2) is 19.7. The molecule has 0 unspecified atom stereocenters. The number of esters is 2. The lowest BCUT2D eigenvalue weighted by Crippen LogP contribution is -2.26. The molecule has 0 radical (unpaired) electrons. The molecule has 0 aromatic heterocycles. The highest BCUT2D eigenvalue weighted by Gasteiger charge is 2.09. The third kappa shape index (κ3) is 14.0. The molecule has 2 aromatic rings. The van der Waals surface area contributed by atoms with Gasteiger partial charge in [0.05, 0.1) is 31.5 Å². The number of amides is 1. The molecule has 0 heterocycles. The first kappa shape index (κ1) is 31.9. The molecule has 0 saturated heterocycles. The number of nitriles is 1. The van der Waals surface area contributed by atoms with E-state index >= 15 is 0 Å². The maximum absolute atomic E-state index is 12.4. The number of carbonyl (C=O) groups excluding carboxylic acids is 3. The Morgan fingerprint density at radius 3 is 2.30 bits per heavy atom. The van der Waals surface area contributed by atoms with Gasteiger partial charge in [0.15, 0.2) is 0 Å². The van der Waals surface area contributed by atoms with Gasteiger partial charge in [-0.05, 0) is 74.2 Å². The standard InChI is InChI=1S/C30H36N2O8/c1-2-36-20-6-4-19-32-30(35)39-23-7-22-38-28(33)17-10-24-8-13-27(14-9-24)40-29(34)25-11-15-26(16-12-25)37-21-5-3-18-31/h8-17H,2-7,19-23H2,1H3,(H,32,35)/b17-10+. The molecule has 0 aliphatic heterocycles. The minimum atomic E-state index is -0.522. The van der Waals surface area contributed by atoms with Gasteiger partial charge < -0.3 is 29.0 Å². The Balaban J connectivity index is 1.62. The van der Waals surface area contributed by atoms with Crippen LogP contribution in [0.2, 0.25) is 0 Å². The van der Waals surface area contributed by atoms with Crippen molar-refractivity contribution < 1.29 is 38.1 Å². The van der Waals surface area contributed by atoms with E-state index in [0.29, 0.717) is 62.7 Å². The first-order valence-corrected chi connectivity index (χ1v) is 13.3. The second-order valence-electron chi connectivity index (χ2n) is 8.41. The van der Waals surface area contributed by atoms with Crippen LogP contribution in [-0.4, -0.2) is 57.6 Å². The summed E-state index contributed by atoms with van der Waals surface area (Å²) in [6.45, 7) is 4.51. The van der Waals surface area contributed by atoms with Crippen LogP contribution in [0.4, 0.5) is 4.79 Å². The Labute approximate surface area is 234 Å². The number of hydrogen-bond donors (Lipinski definition) is 1. The largest absolute Gasteiger partial charge is 0.494 e. The van der Waals surface area contributed by atoms with Gasteiger partial charge in [0.1, 0.15) is 11.5 Å². The summed E-state index contributed by atoms with van der Waals surface area (Å²) in [6, 6.07) is 15.3. The van der Waals surface area contributed by atoms with E-state index in [1.54, 1.807) is 54.6 Å². The predicted octanol–water partition coefficient (Wildman–Crippen LogP) is 5.08. The van der Waals surface area contributed by atoms with E-state index < -0.39 is 18.0 Å². The SMILES string of the molecule is CCOCCCCNC(=O)OCCCOC(=O)/C=C/c1ccc(OC(=O)c2ccc(OCCCC#N)cc2)cc1. The average molecular weight is 553 g/mol. The third-order valence-electron chi connectivity index (χ3n) is 5.25. The molecule has 1 N–H and O–H groups in total. The third-order valence-corrected chi connectivity index (χ3v) is 5.25. The van der Waals surface area contributed by atoms with Crippen LogP contribution in [0.15, 0.2) is 54.6 Å². The molecule has 0 bridgehead atoms. The molecule has 10 heteroatoms. The first-order valence-electron chi connectivity index (χ1n) is 13.3. The van der Waals surface area contributed by atoms with Gasteiger partial charge in [-0.1, -0.05) is 12.1 Å². The summed E-state index contributed by atoms with van der Waals surface area (Å²) >= 11 is 0. The van der Waals surface area contributed by atoms with Crippen LogP contribution in [0.25, 0.3) is 6.08 Å². The van der Waals surface area contributed by atoms with Crippen LogP contribution in [0.3, 0.4) is 0 Å². The maximum Gasteiger partial charge on any atom is 0.407 e. The highest BCUT2D eigenvalue weighted by molar-refractivity contribution is 5.91. The number of unbranched alkanes of at least 4 members (excludes halogenated alkanes) is 2. The van der Waals surface area contributed by atoms with E-state index in [4.69, 9.17) is 28.9 Å². The summed E-state index contributed by atoms with van der Waals surface area (Å²) in [5.41, 5.74) is 1.09. The van der Waals surface area contributed by atoms with Gasteiger partial charge >= 0.3 is 18.0 Å². The summed E-state index contributed by atoms with van der Waals surface area (Å²) < 4.78 is 26.3. The second-order valence-corrected chi connectivity index (χ2v) is 8.41. The summed E-state index contributed by atoms with van der Waals surface area (Å²) in [7, 11) is 0. The molecule has 1 amide bonds. The molecule has 0 fully saturated rings. The number of nitrogens with zero attached hydrogens (tertiary/aromatic N) is 1. The summed E-state index contributed by atoms with van der Waals surface area (Å²) in [5.74, 6) is -0.0649. The molecule has 0 aliphatic rings. The van der Waals surface area contributed by atoms with Crippen molar-refractivity contribution in [3.63, 3.8) is 0 Å². The molecular weight excluding hydrogens is 516 g/mol. The lowest BCUT2D eigenvalue weighted by molar-refractivity contribution is -0.137. The Kier molecular flexibility index (Phi) is 15.7. The fourth-order valence-electron chi connectivity index (χ4n) is 3.17. The average Bonchev–Trinajstić information content (AvgIpc) is 2.97. The van der Waals surface area contributed by atoms with Gasteiger partial charge in [0.2, 0.25) is 0 Å². The molecule has 0 atom stereocenters. The van der Waals surface area contributed by atoms with Crippen LogP contribution in [0.5, 0.6) is 11.5 Å². The van der Waals surface area contributed by atoms with Crippen molar-refractivity contribution >= 4 is 24.1 Å². The normalized spacial score (nSPS) is 10.5. The van der Waals surface area contributed by atoms with E-state index in [-0.39, 0.29) is 13.2 Å². The van der Waals surface area contributed by atoms with Crippen LogP contribution < -0.4 is 14.8 Å². The summed E-state index contributed by atoms with van der Waals surface area (Å²) in [6.07, 6.45) is 5.51. The van der Waals surface area contributed by atoms with Crippen molar-refractivity contribution in [1.82, 2.24) is 5.32 Å². The van der Waals surface area contributed by atoms with Crippen molar-refractivity contribution in [1.29, 1.82) is 5.26 Å². The Hall–Kier alpha value is -4.36. The van der Waals surface area contributed by atoms with Crippen molar-refractivity contribution in [3.8, 4) is 17.6 Å². The van der Waals surface area contributed by atoms with Gasteiger partial charge in [0.25, 0.3) is 0 Å². The zero-order chi connectivity index (χ0) is 28.8. The Morgan fingerprint density at radius 1 is 0.850 bits per heavy atom. The number of hydrogen-bond acceptors (Lipinski definition) is 9. The van der Waals surface area contributed by atoms with Gasteiger partial charge in [-0.3, -0.25) is 0 Å². The number of rotatable bonds is 18. The van der Waals surface area contributed by atoms with Gasteiger partial charge in [-0.15, -0.1) is 0 Å². The molecule has 214 valence electrons. The van der Waals surface area contributed by atoms with Crippen LogP contribution in [-0.2, 0) is 19.0 Å². The topological polar surface area (TPSA) is 133 Å². The van der Waals surface area contributed by atoms with Crippen molar-refractivity contribution in [3.05, 3.63) is 65.7 Å². The summed E-state index contributed by atoms with van der Waals surface area (Å²) in [4.78, 5) is 35.9. The minimum Gasteiger partial charge on any atom is -0.494 e. The quantitative estimate of drug-likeness (QED) is 0.116. The van der Waals surface area contributed by atoms with Crippen molar-refractivity contribution in [2.75, 3.05) is 39.6 Å². The van der Waals surface area contributed by atoms with Crippen molar-refractivity contribution in [2.45, 2.75) is 39.0 Å². The van der Waals surface area contributed by atoms with Gasteiger partial charge in [-0.25, -0.2) is 14.4 Å². The molecule has 0 spiro atoms. The molecule has 2 rings (SSSR count). The van der Waals surface area contributed by atoms with Crippen LogP contribution >= 0.6 is 0 Å². The molecular formula is C30H36N2O8. The van der Waals surface area contributed by atoms with Crippen LogP contribution in [0.1, 0.15) is 54.9 Å².